The normalized spacial score (nSPS) is 14.4. The van der Waals surface area contributed by atoms with Crippen molar-refractivity contribution in [2.75, 3.05) is 13.7 Å². The number of fused-ring (bicyclic) bond motifs is 1. The number of ketones is 1. The van der Waals surface area contributed by atoms with Gasteiger partial charge >= 0.3 is 0 Å². The second-order valence-electron chi connectivity index (χ2n) is 3.93. The van der Waals surface area contributed by atoms with Crippen molar-refractivity contribution in [2.24, 2.45) is 0 Å². The molecule has 92 valence electrons. The van der Waals surface area contributed by atoms with Gasteiger partial charge in [0.1, 0.15) is 5.75 Å². The zero-order valence-corrected chi connectivity index (χ0v) is 10.1. The minimum Gasteiger partial charge on any atom is -0.496 e. The van der Waals surface area contributed by atoms with Crippen molar-refractivity contribution in [3.05, 3.63) is 23.3 Å². The van der Waals surface area contributed by atoms with E-state index in [2.05, 4.69) is 0 Å². The van der Waals surface area contributed by atoms with Gasteiger partial charge in [-0.15, -0.1) is 0 Å². The molecule has 0 spiro atoms. The summed E-state index contributed by atoms with van der Waals surface area (Å²) in [5.41, 5.74) is 1.68. The van der Waals surface area contributed by atoms with Crippen LogP contribution < -0.4 is 9.62 Å². The van der Waals surface area contributed by atoms with Crippen LogP contribution >= 0.6 is 0 Å². The van der Waals surface area contributed by atoms with Crippen LogP contribution in [-0.2, 0) is 11.3 Å². The predicted molar refractivity (Wildman–Crippen MR) is 62.5 cm³/mol. The van der Waals surface area contributed by atoms with Crippen LogP contribution in [0.1, 0.15) is 35.7 Å². The highest BCUT2D eigenvalue weighted by Crippen LogP contribution is 2.33. The molecule has 0 aromatic heterocycles. The fourth-order valence-electron chi connectivity index (χ4n) is 2.06. The van der Waals surface area contributed by atoms with Gasteiger partial charge in [-0.2, -0.15) is 4.89 Å². The first-order valence-electron chi connectivity index (χ1n) is 5.79. The topological polar surface area (TPSA) is 44.8 Å². The molecule has 1 aromatic rings. The largest absolute Gasteiger partial charge is 0.496 e. The maximum atomic E-state index is 11.8. The van der Waals surface area contributed by atoms with Crippen molar-refractivity contribution < 1.29 is 19.3 Å². The van der Waals surface area contributed by atoms with Gasteiger partial charge in [-0.1, -0.05) is 0 Å². The average molecular weight is 236 g/mol. The number of hydrogen-bond acceptors (Lipinski definition) is 4. The van der Waals surface area contributed by atoms with Crippen LogP contribution in [0.15, 0.2) is 12.1 Å². The number of ether oxygens (including phenoxy) is 1. The number of carbonyl (C=O) groups excluding carboxylic acids is 1. The average Bonchev–Trinajstić information content (AvgIpc) is 2.35. The molecule has 1 aliphatic carbocycles. The lowest BCUT2D eigenvalue weighted by molar-refractivity contribution is -0.202. The van der Waals surface area contributed by atoms with Gasteiger partial charge in [-0.05, 0) is 31.4 Å². The molecule has 4 heteroatoms. The maximum absolute atomic E-state index is 11.8. The number of methoxy groups -OCH3 is 1. The summed E-state index contributed by atoms with van der Waals surface area (Å²) >= 11 is 0. The summed E-state index contributed by atoms with van der Waals surface area (Å²) in [6.45, 7) is 2.32. The summed E-state index contributed by atoms with van der Waals surface area (Å²) < 4.78 is 5.25. The van der Waals surface area contributed by atoms with Gasteiger partial charge in [0, 0.05) is 12.5 Å². The third-order valence-electron chi connectivity index (χ3n) is 2.78. The second-order valence-corrected chi connectivity index (χ2v) is 3.93. The minimum atomic E-state index is 0.144. The van der Waals surface area contributed by atoms with E-state index in [-0.39, 0.29) is 5.78 Å². The fourth-order valence-corrected chi connectivity index (χ4v) is 2.06. The van der Waals surface area contributed by atoms with Crippen LogP contribution in [-0.4, -0.2) is 19.5 Å². The summed E-state index contributed by atoms with van der Waals surface area (Å²) in [6.07, 6.45) is 2.35. The lowest BCUT2D eigenvalue weighted by atomic mass is 9.90. The number of Topliss-reactive ketones (excluding diaryl/α,β-unsaturated/α-hetero) is 1. The molecule has 1 aliphatic rings. The van der Waals surface area contributed by atoms with E-state index in [0.29, 0.717) is 30.1 Å². The highest BCUT2D eigenvalue weighted by Gasteiger charge is 2.23. The molecule has 0 N–H and O–H groups in total. The standard InChI is InChI=1S/C13H16O4/c1-3-16-17-10-7-9-5-4-6-11(14)13(9)12(8-10)15-2/h7-8H,3-6H2,1-2H3. The van der Waals surface area contributed by atoms with Gasteiger partial charge in [0.25, 0.3) is 0 Å². The highest BCUT2D eigenvalue weighted by atomic mass is 17.2. The van der Waals surface area contributed by atoms with Crippen molar-refractivity contribution in [2.45, 2.75) is 26.2 Å². The Bertz CT molecular complexity index is 408. The number of aryl methyl sites for hydroxylation is 1. The van der Waals surface area contributed by atoms with Crippen LogP contribution in [0.3, 0.4) is 0 Å². The van der Waals surface area contributed by atoms with E-state index in [1.54, 1.807) is 13.2 Å². The van der Waals surface area contributed by atoms with Gasteiger partial charge in [0.15, 0.2) is 11.5 Å². The zero-order valence-electron chi connectivity index (χ0n) is 10.1. The highest BCUT2D eigenvalue weighted by molar-refractivity contribution is 6.01. The van der Waals surface area contributed by atoms with Crippen LogP contribution in [0.4, 0.5) is 0 Å². The Labute approximate surface area is 100 Å². The molecule has 2 rings (SSSR count). The predicted octanol–water partition coefficient (Wildman–Crippen LogP) is 2.54. The van der Waals surface area contributed by atoms with Crippen molar-refractivity contribution >= 4 is 5.78 Å². The first kappa shape index (κ1) is 11.9. The van der Waals surface area contributed by atoms with Crippen LogP contribution in [0.2, 0.25) is 0 Å². The van der Waals surface area contributed by atoms with Crippen molar-refractivity contribution in [1.82, 2.24) is 0 Å². The first-order valence-corrected chi connectivity index (χ1v) is 5.79. The fraction of sp³-hybridized carbons (Fsp3) is 0.462. The summed E-state index contributed by atoms with van der Waals surface area (Å²) in [4.78, 5) is 21.8. The Morgan fingerprint density at radius 3 is 2.82 bits per heavy atom. The molecule has 0 unspecified atom stereocenters. The molecule has 1 aromatic carbocycles. The van der Waals surface area contributed by atoms with Crippen molar-refractivity contribution in [1.29, 1.82) is 0 Å². The Kier molecular flexibility index (Phi) is 3.64. The lowest BCUT2D eigenvalue weighted by Gasteiger charge is -2.18. The SMILES string of the molecule is CCOOc1cc2c(c(OC)c1)C(=O)CCC2. The minimum absolute atomic E-state index is 0.144. The number of carbonyl (C=O) groups is 1. The van der Waals surface area contributed by atoms with E-state index in [9.17, 15) is 4.79 Å². The van der Waals surface area contributed by atoms with E-state index in [1.165, 1.54) is 0 Å². The van der Waals surface area contributed by atoms with Crippen molar-refractivity contribution in [3.8, 4) is 11.5 Å². The summed E-state index contributed by atoms with van der Waals surface area (Å²) in [5.74, 6) is 1.30. The molecule has 0 aliphatic heterocycles. The molecule has 0 bridgehead atoms. The van der Waals surface area contributed by atoms with E-state index < -0.39 is 0 Å². The van der Waals surface area contributed by atoms with Crippen LogP contribution in [0, 0.1) is 0 Å². The van der Waals surface area contributed by atoms with Gasteiger partial charge in [0.05, 0.1) is 19.3 Å². The smallest absolute Gasteiger partial charge is 0.169 e. The van der Waals surface area contributed by atoms with E-state index >= 15 is 0 Å². The molecule has 0 amide bonds. The molecular formula is C13H16O4. The van der Waals surface area contributed by atoms with Gasteiger partial charge in [-0.25, -0.2) is 0 Å². The number of rotatable bonds is 4. The van der Waals surface area contributed by atoms with E-state index in [4.69, 9.17) is 14.5 Å². The molecule has 4 nitrogen and oxygen atoms in total. The quantitative estimate of drug-likeness (QED) is 0.595. The molecule has 0 fully saturated rings. The number of benzene rings is 1. The molecule has 0 atom stereocenters. The third kappa shape index (κ3) is 2.42. The molecule has 0 heterocycles. The monoisotopic (exact) mass is 236 g/mol. The zero-order chi connectivity index (χ0) is 12.3. The van der Waals surface area contributed by atoms with E-state index in [1.807, 2.05) is 13.0 Å². The molecule has 0 saturated carbocycles. The maximum Gasteiger partial charge on any atom is 0.169 e. The molecular weight excluding hydrogens is 220 g/mol. The Balaban J connectivity index is 2.38. The van der Waals surface area contributed by atoms with E-state index in [0.717, 1.165) is 18.4 Å². The van der Waals surface area contributed by atoms with Crippen molar-refractivity contribution in [3.63, 3.8) is 0 Å². The summed E-state index contributed by atoms with van der Waals surface area (Å²) in [7, 11) is 1.56. The van der Waals surface area contributed by atoms with Crippen LogP contribution in [0.5, 0.6) is 11.5 Å². The molecule has 0 saturated heterocycles. The summed E-state index contributed by atoms with van der Waals surface area (Å²) in [5, 5.41) is 0. The molecule has 17 heavy (non-hydrogen) atoms. The van der Waals surface area contributed by atoms with Gasteiger partial charge in [-0.3, -0.25) is 4.79 Å². The second kappa shape index (κ2) is 5.19. The first-order chi connectivity index (χ1) is 8.26. The Hall–Kier alpha value is -1.55. The number of hydrogen-bond donors (Lipinski definition) is 0. The lowest BCUT2D eigenvalue weighted by Crippen LogP contribution is -2.13. The van der Waals surface area contributed by atoms with Gasteiger partial charge in [0.2, 0.25) is 0 Å². The Morgan fingerprint density at radius 2 is 2.12 bits per heavy atom. The third-order valence-corrected chi connectivity index (χ3v) is 2.78. The molecule has 0 radical (unpaired) electrons. The van der Waals surface area contributed by atoms with Gasteiger partial charge < -0.3 is 9.62 Å². The summed E-state index contributed by atoms with van der Waals surface area (Å²) in [6, 6.07) is 3.54. The Morgan fingerprint density at radius 1 is 1.29 bits per heavy atom. The van der Waals surface area contributed by atoms with Crippen LogP contribution in [0.25, 0.3) is 0 Å².